The zero-order valence-corrected chi connectivity index (χ0v) is 14.7. The molecule has 0 aliphatic rings. The molecule has 126 valence electrons. The van der Waals surface area contributed by atoms with Gasteiger partial charge in [-0.15, -0.1) is 0 Å². The fraction of sp³-hybridized carbons (Fsp3) is 0.182. The molecule has 0 atom stereocenters. The van der Waals surface area contributed by atoms with Crippen molar-refractivity contribution in [3.05, 3.63) is 92.6 Å². The fourth-order valence-electron chi connectivity index (χ4n) is 1.04. The van der Waals surface area contributed by atoms with Crippen molar-refractivity contribution >= 4 is 6.08 Å². The van der Waals surface area contributed by atoms with E-state index < -0.39 is 0 Å². The number of unbranched alkanes of at least 4 members (excludes halogenated alkanes) is 1. The van der Waals surface area contributed by atoms with Crippen LogP contribution in [0.4, 0.5) is 0 Å². The molecule has 0 aliphatic heterocycles. The Labute approximate surface area is 148 Å². The molecule has 1 aromatic rings. The van der Waals surface area contributed by atoms with Gasteiger partial charge in [0.15, 0.2) is 0 Å². The highest BCUT2D eigenvalue weighted by Crippen LogP contribution is 2.01. The zero-order chi connectivity index (χ0) is 19.1. The van der Waals surface area contributed by atoms with Crippen LogP contribution in [-0.2, 0) is 0 Å². The number of nitriles is 2. The summed E-state index contributed by atoms with van der Waals surface area (Å²) < 4.78 is 0. The van der Waals surface area contributed by atoms with Gasteiger partial charge in [-0.05, 0) is 18.4 Å². The van der Waals surface area contributed by atoms with Gasteiger partial charge in [0.1, 0.15) is 0 Å². The number of hydrogen-bond donors (Lipinski definition) is 0. The highest BCUT2D eigenvalue weighted by molar-refractivity contribution is 5.45. The highest BCUT2D eigenvalue weighted by Gasteiger charge is 1.87. The molecule has 0 saturated carbocycles. The lowest BCUT2D eigenvalue weighted by Gasteiger charge is -1.89. The van der Waals surface area contributed by atoms with Gasteiger partial charge < -0.3 is 0 Å². The van der Waals surface area contributed by atoms with Crippen LogP contribution >= 0.6 is 0 Å². The van der Waals surface area contributed by atoms with Crippen LogP contribution in [0, 0.1) is 22.7 Å². The lowest BCUT2D eigenvalue weighted by atomic mass is 10.1. The molecule has 0 unspecified atom stereocenters. The van der Waals surface area contributed by atoms with Gasteiger partial charge in [0, 0.05) is 11.6 Å². The standard InChI is InChI=1S/C8H8.C7H11N.C4H6.C3H3N/c1-2-8-6-4-3-5-7-8;1-3-4-5-7(2)6-8;1-3-4-2;1-2-3-4/h2-7H,1H2;2-5H2,1H3;3-4H,1-2H2;2H,1H2. The quantitative estimate of drug-likeness (QED) is 0.451. The van der Waals surface area contributed by atoms with Crippen LogP contribution in [-0.4, -0.2) is 0 Å². The molecule has 1 rings (SSSR count). The first-order chi connectivity index (χ1) is 11.6. The predicted molar refractivity (Wildman–Crippen MR) is 107 cm³/mol. The molecular formula is C22H28N2. The monoisotopic (exact) mass is 320 g/mol. The Morgan fingerprint density at radius 3 is 1.79 bits per heavy atom. The van der Waals surface area contributed by atoms with Gasteiger partial charge >= 0.3 is 0 Å². The predicted octanol–water partition coefficient (Wildman–Crippen LogP) is 6.64. The van der Waals surface area contributed by atoms with Crippen molar-refractivity contribution in [3.8, 4) is 12.1 Å². The lowest BCUT2D eigenvalue weighted by molar-refractivity contribution is 0.801. The number of benzene rings is 1. The maximum Gasteiger partial charge on any atom is 0.0940 e. The minimum Gasteiger partial charge on any atom is -0.193 e. The summed E-state index contributed by atoms with van der Waals surface area (Å²) in [5.41, 5.74) is 1.87. The molecule has 24 heavy (non-hydrogen) atoms. The van der Waals surface area contributed by atoms with Crippen molar-refractivity contribution in [1.29, 1.82) is 10.5 Å². The molecule has 0 saturated heterocycles. The van der Waals surface area contributed by atoms with Crippen molar-refractivity contribution in [1.82, 2.24) is 0 Å². The van der Waals surface area contributed by atoms with E-state index >= 15 is 0 Å². The van der Waals surface area contributed by atoms with Crippen LogP contribution in [0.3, 0.4) is 0 Å². The van der Waals surface area contributed by atoms with Crippen LogP contribution in [0.1, 0.15) is 31.7 Å². The first-order valence-electron chi connectivity index (χ1n) is 7.57. The number of rotatable bonds is 5. The molecule has 0 fully saturated rings. The van der Waals surface area contributed by atoms with Crippen molar-refractivity contribution in [3.63, 3.8) is 0 Å². The molecule has 0 aromatic heterocycles. The SMILES string of the molecule is C=C(C#N)CCCC.C=CC#N.C=CC=C.C=Cc1ccccc1. The molecule has 0 N–H and O–H groups in total. The van der Waals surface area contributed by atoms with Crippen LogP contribution in [0.5, 0.6) is 0 Å². The van der Waals surface area contributed by atoms with E-state index in [1.165, 1.54) is 11.6 Å². The Morgan fingerprint density at radius 1 is 1.04 bits per heavy atom. The third-order valence-electron chi connectivity index (χ3n) is 2.28. The first-order valence-corrected chi connectivity index (χ1v) is 7.57. The number of allylic oxidation sites excluding steroid dienone is 4. The Hall–Kier alpha value is -3.10. The van der Waals surface area contributed by atoms with Crippen LogP contribution in [0.15, 0.2) is 87.0 Å². The van der Waals surface area contributed by atoms with E-state index in [1.807, 2.05) is 42.5 Å². The summed E-state index contributed by atoms with van der Waals surface area (Å²) in [5, 5.41) is 15.7. The topological polar surface area (TPSA) is 47.6 Å². The molecule has 2 heteroatoms. The maximum absolute atomic E-state index is 8.21. The fourth-order valence-corrected chi connectivity index (χ4v) is 1.04. The summed E-state index contributed by atoms with van der Waals surface area (Å²) in [6.07, 6.45) is 9.39. The van der Waals surface area contributed by atoms with E-state index in [-0.39, 0.29) is 0 Å². The third-order valence-corrected chi connectivity index (χ3v) is 2.28. The normalized spacial score (nSPS) is 6.96. The molecule has 0 bridgehead atoms. The summed E-state index contributed by atoms with van der Waals surface area (Å²) in [7, 11) is 0. The van der Waals surface area contributed by atoms with Gasteiger partial charge in [-0.2, -0.15) is 10.5 Å². The molecule has 2 nitrogen and oxygen atoms in total. The molecule has 0 heterocycles. The largest absolute Gasteiger partial charge is 0.193 e. The Morgan fingerprint density at radius 2 is 1.54 bits per heavy atom. The van der Waals surface area contributed by atoms with Crippen LogP contribution in [0.2, 0.25) is 0 Å². The van der Waals surface area contributed by atoms with Gasteiger partial charge in [0.25, 0.3) is 0 Å². The van der Waals surface area contributed by atoms with Crippen molar-refractivity contribution in [2.45, 2.75) is 26.2 Å². The van der Waals surface area contributed by atoms with E-state index in [0.29, 0.717) is 5.57 Å². The average Bonchev–Trinajstić information content (AvgIpc) is 2.67. The van der Waals surface area contributed by atoms with Gasteiger partial charge in [-0.3, -0.25) is 0 Å². The molecule has 1 aromatic carbocycles. The van der Waals surface area contributed by atoms with E-state index in [2.05, 4.69) is 39.8 Å². The number of nitrogens with zero attached hydrogens (tertiary/aromatic N) is 2. The second-order valence-corrected chi connectivity index (χ2v) is 4.24. The summed E-state index contributed by atoms with van der Waals surface area (Å²) in [6, 6.07) is 13.7. The average molecular weight is 320 g/mol. The molecule has 0 spiro atoms. The van der Waals surface area contributed by atoms with E-state index in [9.17, 15) is 0 Å². The first kappa shape index (κ1) is 25.8. The highest BCUT2D eigenvalue weighted by atomic mass is 14.2. The van der Waals surface area contributed by atoms with Crippen LogP contribution < -0.4 is 0 Å². The van der Waals surface area contributed by atoms with Crippen molar-refractivity contribution in [2.75, 3.05) is 0 Å². The summed E-state index contributed by atoms with van der Waals surface area (Å²) in [5.74, 6) is 0. The molecular weight excluding hydrogens is 292 g/mol. The van der Waals surface area contributed by atoms with Crippen molar-refractivity contribution < 1.29 is 0 Å². The summed E-state index contributed by atoms with van der Waals surface area (Å²) in [4.78, 5) is 0. The maximum atomic E-state index is 8.21. The van der Waals surface area contributed by atoms with E-state index in [0.717, 1.165) is 19.3 Å². The lowest BCUT2D eigenvalue weighted by Crippen LogP contribution is -1.74. The van der Waals surface area contributed by atoms with Gasteiger partial charge in [0.2, 0.25) is 0 Å². The van der Waals surface area contributed by atoms with E-state index in [4.69, 9.17) is 10.5 Å². The second kappa shape index (κ2) is 24.9. The Balaban J connectivity index is -0.000000260. The van der Waals surface area contributed by atoms with Gasteiger partial charge in [0.05, 0.1) is 12.1 Å². The summed E-state index contributed by atoms with van der Waals surface area (Å²) in [6.45, 7) is 19.1. The molecule has 0 amide bonds. The smallest absolute Gasteiger partial charge is 0.0940 e. The van der Waals surface area contributed by atoms with E-state index in [1.54, 1.807) is 18.2 Å². The Kier molecular flexibility index (Phi) is 26.8. The van der Waals surface area contributed by atoms with Crippen molar-refractivity contribution in [2.24, 2.45) is 0 Å². The van der Waals surface area contributed by atoms with Crippen LogP contribution in [0.25, 0.3) is 6.08 Å². The second-order valence-electron chi connectivity index (χ2n) is 4.24. The minimum atomic E-state index is 0.701. The molecule has 0 aliphatic carbocycles. The third kappa shape index (κ3) is 27.3. The summed E-state index contributed by atoms with van der Waals surface area (Å²) >= 11 is 0. The van der Waals surface area contributed by atoms with Gasteiger partial charge in [-0.25, -0.2) is 0 Å². The minimum absolute atomic E-state index is 0.701. The van der Waals surface area contributed by atoms with Gasteiger partial charge in [-0.1, -0.05) is 94.8 Å². The zero-order valence-electron chi connectivity index (χ0n) is 14.7. The Bertz CT molecular complexity index is 534. The number of hydrogen-bond acceptors (Lipinski definition) is 2. The molecule has 0 radical (unpaired) electrons.